The van der Waals surface area contributed by atoms with E-state index >= 15 is 0 Å². The van der Waals surface area contributed by atoms with Gasteiger partial charge in [-0.05, 0) is 70.8 Å². The summed E-state index contributed by atoms with van der Waals surface area (Å²) in [5.41, 5.74) is 11.5. The van der Waals surface area contributed by atoms with Gasteiger partial charge in [0.05, 0.1) is 87.4 Å². The van der Waals surface area contributed by atoms with Crippen LogP contribution in [0.25, 0.3) is 91.4 Å². The molecule has 59 heavy (non-hydrogen) atoms. The molecule has 0 saturated heterocycles. The minimum atomic E-state index is -0.414. The maximum atomic E-state index is 12.4. The minimum absolute atomic E-state index is 0. The van der Waals surface area contributed by atoms with Crippen LogP contribution in [-0.4, -0.2) is 45.3 Å². The van der Waals surface area contributed by atoms with E-state index in [-0.39, 0.29) is 17.1 Å². The summed E-state index contributed by atoms with van der Waals surface area (Å²) in [5, 5.41) is 0. The topological polar surface area (TPSA) is 124 Å². The van der Waals surface area contributed by atoms with Crippen LogP contribution in [0.4, 0.5) is 0 Å². The van der Waals surface area contributed by atoms with Crippen molar-refractivity contribution in [1.29, 1.82) is 0 Å². The molecule has 0 N–H and O–H groups in total. The van der Waals surface area contributed by atoms with E-state index in [0.717, 1.165) is 67.5 Å². The summed E-state index contributed by atoms with van der Waals surface area (Å²) >= 11 is 0. The number of nitrogens with zero attached hydrogens (tertiary/aromatic N) is 8. The van der Waals surface area contributed by atoms with E-state index in [1.165, 1.54) is 14.2 Å². The zero-order valence-corrected chi connectivity index (χ0v) is 34.3. The largest absolute Gasteiger partial charge is 3.00 e. The van der Waals surface area contributed by atoms with Crippen molar-refractivity contribution in [2.45, 2.75) is 0 Å². The van der Waals surface area contributed by atoms with Gasteiger partial charge in [0.2, 0.25) is 0 Å². The normalized spacial score (nSPS) is 11.8. The number of benzene rings is 2. The first-order valence-corrected chi connectivity index (χ1v) is 18.6. The molecule has 13 heteroatoms. The van der Waals surface area contributed by atoms with E-state index < -0.39 is 11.9 Å². The Bertz CT molecular complexity index is 2810. The third-order valence-corrected chi connectivity index (χ3v) is 10.6. The van der Waals surface area contributed by atoms with Crippen LogP contribution in [0.1, 0.15) is 43.5 Å². The Morgan fingerprint density at radius 1 is 0.525 bits per heavy atom. The van der Waals surface area contributed by atoms with Crippen LogP contribution in [0.5, 0.6) is 0 Å². The predicted molar refractivity (Wildman–Crippen MR) is 222 cm³/mol. The van der Waals surface area contributed by atoms with E-state index in [4.69, 9.17) is 29.4 Å². The van der Waals surface area contributed by atoms with Gasteiger partial charge >= 0.3 is 29.0 Å². The zero-order chi connectivity index (χ0) is 40.2. The van der Waals surface area contributed by atoms with Crippen molar-refractivity contribution in [3.05, 3.63) is 131 Å². The van der Waals surface area contributed by atoms with Gasteiger partial charge in [0.1, 0.15) is 24.8 Å². The van der Waals surface area contributed by atoms with Crippen molar-refractivity contribution < 1.29 is 45.3 Å². The fourth-order valence-electron chi connectivity index (χ4n) is 7.80. The van der Waals surface area contributed by atoms with Gasteiger partial charge in [-0.15, -0.1) is 22.1 Å². The number of rotatable bonds is 6. The Hall–Kier alpha value is -7.08. The molecule has 290 valence electrons. The summed E-state index contributed by atoms with van der Waals surface area (Å²) < 4.78 is 18.2. The molecule has 9 rings (SSSR count). The van der Waals surface area contributed by atoms with Crippen LogP contribution in [0, 0.1) is 0 Å². The number of imidazole rings is 2. The van der Waals surface area contributed by atoms with Gasteiger partial charge in [0, 0.05) is 0 Å². The molecule has 0 unspecified atom stereocenters. The Kier molecular flexibility index (Phi) is 10.1. The summed E-state index contributed by atoms with van der Waals surface area (Å²) in [6.07, 6.45) is 16.0. The fourth-order valence-corrected chi connectivity index (χ4v) is 7.80. The van der Waals surface area contributed by atoms with Gasteiger partial charge < -0.3 is 19.4 Å². The number of hydrogen-bond acceptors (Lipinski definition) is 6. The smallest absolute Gasteiger partial charge is 0.656 e. The Labute approximate surface area is 350 Å². The number of carbonyl (C=O) groups is 2. The van der Waals surface area contributed by atoms with Gasteiger partial charge in [0.15, 0.2) is 0 Å². The van der Waals surface area contributed by atoms with E-state index in [9.17, 15) is 9.59 Å². The van der Waals surface area contributed by atoms with E-state index in [0.29, 0.717) is 33.5 Å². The third-order valence-electron chi connectivity index (χ3n) is 10.6. The number of aromatic nitrogens is 8. The van der Waals surface area contributed by atoms with E-state index in [1.807, 2.05) is 126 Å². The molecule has 0 spiro atoms. The summed E-state index contributed by atoms with van der Waals surface area (Å²) in [7, 11) is 10.8. The maximum Gasteiger partial charge on any atom is 3.00 e. The zero-order valence-electron chi connectivity index (χ0n) is 33.1. The molecular weight excluding hydrogens is 783 g/mol. The summed E-state index contributed by atoms with van der Waals surface area (Å²) in [5.74, 6) is 0.979. The summed E-state index contributed by atoms with van der Waals surface area (Å²) in [6.45, 7) is 0. The standard InChI is InChI=1S/C46H38N8O4.Mn/c1-51-23-24-52(2)43(51)41-35-19-15-31(47-35)39(27-7-11-29(12-8-27)45(55)57-5)33-17-21-37(49-33)42(44-53(3)25-26-54(44)4)38-22-18-34(50-38)40(32-16-20-36(41)48-32)28-9-13-30(14-10-28)46(56)58-6;/h7-26H,1-6H3;/q;+3. The second-order valence-electron chi connectivity index (χ2n) is 14.2. The first-order valence-electron chi connectivity index (χ1n) is 18.6. The monoisotopic (exact) mass is 821 g/mol. The third kappa shape index (κ3) is 6.69. The molecular formula is C46H38MnN8O4+3. The number of methoxy groups -OCH3 is 2. The molecule has 7 heterocycles. The van der Waals surface area contributed by atoms with Gasteiger partial charge in [0.25, 0.3) is 11.6 Å². The number of ether oxygens (including phenoxy) is 2. The van der Waals surface area contributed by atoms with Crippen LogP contribution in [0.3, 0.4) is 0 Å². The molecule has 2 aromatic carbocycles. The Morgan fingerprint density at radius 3 is 1.15 bits per heavy atom. The second-order valence-corrected chi connectivity index (χ2v) is 14.2. The average molecular weight is 822 g/mol. The van der Waals surface area contributed by atoms with Crippen molar-refractivity contribution in [3.8, 4) is 45.0 Å². The van der Waals surface area contributed by atoms with Crippen LogP contribution in [0.2, 0.25) is 0 Å². The van der Waals surface area contributed by atoms with Crippen LogP contribution in [0.15, 0.2) is 97.6 Å². The molecule has 2 aliphatic rings. The molecule has 0 amide bonds. The SMILES string of the molecule is COC(=O)c1ccc(-c2c3nc(c(-c4n(C)cc[n+]4C)c4ccc([n-]4)c(-c4ccc(C(=O)OC)cc4)c4nc(c(-c5n(C)cc[n+]5C)c5ccc2[n-]5)C=C4)C=C3)cc1.[Mn+3]. The number of aryl methyl sites for hydroxylation is 4. The average Bonchev–Trinajstić information content (AvgIpc) is 4.12. The van der Waals surface area contributed by atoms with Crippen LogP contribution < -0.4 is 19.1 Å². The van der Waals surface area contributed by atoms with Gasteiger partial charge in [-0.3, -0.25) is 0 Å². The molecule has 7 aromatic rings. The molecule has 0 fully saturated rings. The van der Waals surface area contributed by atoms with Gasteiger partial charge in [-0.2, -0.15) is 0 Å². The molecule has 12 nitrogen and oxygen atoms in total. The fraction of sp³-hybridized carbons (Fsp3) is 0.130. The molecule has 0 saturated carbocycles. The van der Waals surface area contributed by atoms with Gasteiger partial charge in [-0.25, -0.2) is 37.8 Å². The first-order chi connectivity index (χ1) is 28.1. The van der Waals surface area contributed by atoms with Crippen molar-refractivity contribution in [2.75, 3.05) is 14.2 Å². The molecule has 2 aliphatic heterocycles. The molecule has 0 radical (unpaired) electrons. The first kappa shape index (κ1) is 38.8. The van der Waals surface area contributed by atoms with E-state index in [2.05, 4.69) is 18.3 Å². The second kappa shape index (κ2) is 15.4. The van der Waals surface area contributed by atoms with E-state index in [1.54, 1.807) is 24.3 Å². The quantitative estimate of drug-likeness (QED) is 0.106. The molecule has 0 atom stereocenters. The molecule has 5 aromatic heterocycles. The summed E-state index contributed by atoms with van der Waals surface area (Å²) in [4.78, 5) is 46.2. The van der Waals surface area contributed by atoms with Crippen molar-refractivity contribution in [1.82, 2.24) is 29.1 Å². The molecule has 8 bridgehead atoms. The Balaban J connectivity index is 0.00000484. The predicted octanol–water partition coefficient (Wildman–Crippen LogP) is 6.48. The molecule has 0 aliphatic carbocycles. The van der Waals surface area contributed by atoms with Crippen molar-refractivity contribution in [2.24, 2.45) is 28.2 Å². The van der Waals surface area contributed by atoms with Crippen LogP contribution in [-0.2, 0) is 54.7 Å². The minimum Gasteiger partial charge on any atom is -0.656 e. The number of esters is 2. The van der Waals surface area contributed by atoms with Crippen molar-refractivity contribution in [3.63, 3.8) is 0 Å². The number of hydrogen-bond donors (Lipinski definition) is 0. The maximum absolute atomic E-state index is 12.4. The number of carbonyl (C=O) groups excluding carboxylic acids is 2. The van der Waals surface area contributed by atoms with Gasteiger partial charge in [-0.1, -0.05) is 48.5 Å². The van der Waals surface area contributed by atoms with Crippen LogP contribution >= 0.6 is 0 Å². The van der Waals surface area contributed by atoms with Crippen molar-refractivity contribution >= 4 is 58.3 Å². The summed E-state index contributed by atoms with van der Waals surface area (Å²) in [6, 6.07) is 22.7. The number of fused-ring (bicyclic) bond motifs is 8. The Morgan fingerprint density at radius 2 is 0.847 bits per heavy atom.